The van der Waals surface area contributed by atoms with E-state index in [-0.39, 0.29) is 0 Å². The summed E-state index contributed by atoms with van der Waals surface area (Å²) in [5.41, 5.74) is 2.77. The molecule has 4 aliphatic rings. The second-order valence-electron chi connectivity index (χ2n) is 7.57. The molecule has 21 heavy (non-hydrogen) atoms. The van der Waals surface area contributed by atoms with Gasteiger partial charge in [-0.15, -0.1) is 0 Å². The zero-order valence-electron chi connectivity index (χ0n) is 11.9. The molecule has 4 aliphatic carbocycles. The van der Waals surface area contributed by atoms with Crippen LogP contribution in [0.2, 0.25) is 0 Å². The summed E-state index contributed by atoms with van der Waals surface area (Å²) < 4.78 is 4.53. The molecule has 1 N–H and O–H groups in total. The monoisotopic (exact) mass is 362 g/mol. The molecular weight excluding hydrogens is 344 g/mol. The van der Waals surface area contributed by atoms with Crippen molar-refractivity contribution in [1.29, 1.82) is 0 Å². The lowest BCUT2D eigenvalue weighted by atomic mass is 9.53. The maximum atomic E-state index is 5.72. The van der Waals surface area contributed by atoms with Crippen molar-refractivity contribution in [2.45, 2.75) is 44.1 Å². The molecule has 1 aromatic heterocycles. The van der Waals surface area contributed by atoms with Gasteiger partial charge < -0.3 is 9.55 Å². The highest BCUT2D eigenvalue weighted by Crippen LogP contribution is 2.59. The molecule has 1 aromatic carbocycles. The number of benzene rings is 1. The van der Waals surface area contributed by atoms with Crippen molar-refractivity contribution in [3.05, 3.63) is 27.4 Å². The average Bonchev–Trinajstić information content (AvgIpc) is 2.72. The van der Waals surface area contributed by atoms with Gasteiger partial charge in [0.25, 0.3) is 0 Å². The maximum absolute atomic E-state index is 5.72. The molecule has 2 aromatic rings. The van der Waals surface area contributed by atoms with Crippen LogP contribution in [0.1, 0.15) is 38.5 Å². The third kappa shape index (κ3) is 1.78. The lowest BCUT2D eigenvalue weighted by Crippen LogP contribution is -2.51. The number of hydrogen-bond donors (Lipinski definition) is 1. The van der Waals surface area contributed by atoms with Crippen LogP contribution >= 0.6 is 28.1 Å². The predicted octanol–water partition coefficient (Wildman–Crippen LogP) is 5.39. The summed E-state index contributed by atoms with van der Waals surface area (Å²) in [5.74, 6) is 2.83. The van der Waals surface area contributed by atoms with Crippen LogP contribution in [-0.4, -0.2) is 9.55 Å². The van der Waals surface area contributed by atoms with Gasteiger partial charge in [0.05, 0.1) is 11.0 Å². The topological polar surface area (TPSA) is 20.7 Å². The lowest BCUT2D eigenvalue weighted by Gasteiger charge is -2.57. The Kier molecular flexibility index (Phi) is 2.59. The molecule has 0 radical (unpaired) electrons. The first-order chi connectivity index (χ1) is 10.1. The number of aromatic nitrogens is 2. The van der Waals surface area contributed by atoms with E-state index in [2.05, 4.69) is 43.7 Å². The molecule has 0 aliphatic heterocycles. The molecule has 0 atom stereocenters. The van der Waals surface area contributed by atoms with Crippen molar-refractivity contribution in [3.63, 3.8) is 0 Å². The molecule has 0 saturated heterocycles. The quantitative estimate of drug-likeness (QED) is 0.674. The molecule has 0 spiro atoms. The van der Waals surface area contributed by atoms with E-state index in [1.54, 1.807) is 0 Å². The van der Waals surface area contributed by atoms with Crippen LogP contribution in [-0.2, 0) is 5.54 Å². The van der Waals surface area contributed by atoms with Gasteiger partial charge in [-0.25, -0.2) is 0 Å². The highest BCUT2D eigenvalue weighted by atomic mass is 79.9. The normalized spacial score (nSPS) is 37.5. The van der Waals surface area contributed by atoms with Crippen LogP contribution in [0.3, 0.4) is 0 Å². The Hall–Kier alpha value is -0.610. The van der Waals surface area contributed by atoms with Crippen molar-refractivity contribution >= 4 is 39.2 Å². The Bertz CT molecular complexity index is 752. The number of fused-ring (bicyclic) bond motifs is 1. The van der Waals surface area contributed by atoms with Crippen LogP contribution in [0.25, 0.3) is 11.0 Å². The molecule has 110 valence electrons. The first-order valence-corrected chi connectivity index (χ1v) is 9.24. The van der Waals surface area contributed by atoms with Gasteiger partial charge in [0.2, 0.25) is 0 Å². The summed E-state index contributed by atoms with van der Waals surface area (Å²) in [4.78, 5) is 3.44. The first kappa shape index (κ1) is 12.9. The number of imidazole rings is 1. The smallest absolute Gasteiger partial charge is 0.178 e. The third-order valence-electron chi connectivity index (χ3n) is 6.12. The van der Waals surface area contributed by atoms with Crippen LogP contribution < -0.4 is 0 Å². The number of hydrogen-bond acceptors (Lipinski definition) is 1. The Balaban J connectivity index is 1.74. The fourth-order valence-corrected chi connectivity index (χ4v) is 6.66. The second kappa shape index (κ2) is 4.23. The van der Waals surface area contributed by atoms with Gasteiger partial charge >= 0.3 is 0 Å². The summed E-state index contributed by atoms with van der Waals surface area (Å²) in [6.45, 7) is 0. The van der Waals surface area contributed by atoms with Gasteiger partial charge in [0, 0.05) is 10.0 Å². The summed E-state index contributed by atoms with van der Waals surface area (Å²) >= 11 is 9.29. The van der Waals surface area contributed by atoms with E-state index in [1.807, 2.05) is 0 Å². The second-order valence-corrected chi connectivity index (χ2v) is 8.87. The fraction of sp³-hybridized carbons (Fsp3) is 0.588. The molecule has 6 rings (SSSR count). The number of nitrogens with zero attached hydrogens (tertiary/aromatic N) is 1. The summed E-state index contributed by atoms with van der Waals surface area (Å²) in [6, 6.07) is 6.52. The van der Waals surface area contributed by atoms with Gasteiger partial charge in [-0.1, -0.05) is 15.9 Å². The van der Waals surface area contributed by atoms with E-state index < -0.39 is 0 Å². The van der Waals surface area contributed by atoms with E-state index in [1.165, 1.54) is 49.6 Å². The van der Waals surface area contributed by atoms with Crippen LogP contribution in [0, 0.1) is 22.5 Å². The fourth-order valence-electron chi connectivity index (χ4n) is 5.89. The minimum Gasteiger partial charge on any atom is -0.331 e. The van der Waals surface area contributed by atoms with Gasteiger partial charge in [0.1, 0.15) is 0 Å². The van der Waals surface area contributed by atoms with Crippen LogP contribution in [0.4, 0.5) is 0 Å². The third-order valence-corrected chi connectivity index (χ3v) is 6.90. The molecular formula is C17H19BrN2S. The molecule has 1 heterocycles. The zero-order valence-corrected chi connectivity index (χ0v) is 14.3. The van der Waals surface area contributed by atoms with Crippen molar-refractivity contribution in [2.75, 3.05) is 0 Å². The molecule has 0 amide bonds. The first-order valence-electron chi connectivity index (χ1n) is 8.04. The Morgan fingerprint density at radius 3 is 2.33 bits per heavy atom. The van der Waals surface area contributed by atoms with Gasteiger partial charge in [-0.3, -0.25) is 0 Å². The molecule has 0 unspecified atom stereocenters. The van der Waals surface area contributed by atoms with E-state index in [0.29, 0.717) is 5.54 Å². The van der Waals surface area contributed by atoms with Crippen molar-refractivity contribution in [2.24, 2.45) is 17.8 Å². The molecule has 4 fully saturated rings. The van der Waals surface area contributed by atoms with Crippen molar-refractivity contribution in [1.82, 2.24) is 9.55 Å². The van der Waals surface area contributed by atoms with E-state index in [4.69, 9.17) is 12.2 Å². The maximum Gasteiger partial charge on any atom is 0.178 e. The largest absolute Gasteiger partial charge is 0.331 e. The van der Waals surface area contributed by atoms with Gasteiger partial charge in [0.15, 0.2) is 4.77 Å². The zero-order chi connectivity index (χ0) is 14.2. The van der Waals surface area contributed by atoms with Crippen molar-refractivity contribution < 1.29 is 0 Å². The lowest BCUT2D eigenvalue weighted by molar-refractivity contribution is -0.0416. The number of H-pyrrole nitrogens is 1. The highest BCUT2D eigenvalue weighted by molar-refractivity contribution is 9.10. The Labute approximate surface area is 138 Å². The van der Waals surface area contributed by atoms with Gasteiger partial charge in [-0.05, 0) is 86.7 Å². The minimum atomic E-state index is 0.303. The predicted molar refractivity (Wildman–Crippen MR) is 91.0 cm³/mol. The number of nitrogens with one attached hydrogen (secondary N) is 1. The summed E-state index contributed by atoms with van der Waals surface area (Å²) in [7, 11) is 0. The Morgan fingerprint density at radius 2 is 1.71 bits per heavy atom. The minimum absolute atomic E-state index is 0.303. The van der Waals surface area contributed by atoms with Crippen molar-refractivity contribution in [3.8, 4) is 0 Å². The molecule has 2 nitrogen and oxygen atoms in total. The van der Waals surface area contributed by atoms with Crippen LogP contribution in [0.15, 0.2) is 22.7 Å². The van der Waals surface area contributed by atoms with E-state index in [9.17, 15) is 0 Å². The number of halogens is 1. The van der Waals surface area contributed by atoms with Gasteiger partial charge in [-0.2, -0.15) is 0 Å². The van der Waals surface area contributed by atoms with E-state index >= 15 is 0 Å². The van der Waals surface area contributed by atoms with E-state index in [0.717, 1.165) is 27.0 Å². The number of rotatable bonds is 1. The molecule has 4 saturated carbocycles. The highest BCUT2D eigenvalue weighted by Gasteiger charge is 2.52. The summed E-state index contributed by atoms with van der Waals surface area (Å²) in [5, 5.41) is 0. The standard InChI is InChI=1S/C17H19BrN2S/c18-13-1-2-15-14(6-13)19-16(21)20(15)17-7-10-3-11(8-17)5-12(4-10)9-17/h1-2,6,10-12H,3-5,7-9H2,(H,19,21). The van der Waals surface area contributed by atoms with Crippen LogP contribution in [0.5, 0.6) is 0 Å². The molecule has 4 heteroatoms. The average molecular weight is 363 g/mol. The summed E-state index contributed by atoms with van der Waals surface area (Å²) in [6.07, 6.45) is 8.45. The Morgan fingerprint density at radius 1 is 1.10 bits per heavy atom. The SMILES string of the molecule is S=c1[nH]c2cc(Br)ccc2n1C12CC3CC(CC(C3)C1)C2. The molecule has 4 bridgehead atoms. The number of aromatic amines is 1.